The van der Waals surface area contributed by atoms with E-state index in [1.54, 1.807) is 30.5 Å². The fraction of sp³-hybridized carbons (Fsp3) is 0. The summed E-state index contributed by atoms with van der Waals surface area (Å²) in [7, 11) is 0. The van der Waals surface area contributed by atoms with Crippen LogP contribution in [0, 0.1) is 5.82 Å². The largest absolute Gasteiger partial charge is 0.331 e. The van der Waals surface area contributed by atoms with Crippen LogP contribution in [-0.4, -0.2) is 10.1 Å². The second-order valence-corrected chi connectivity index (χ2v) is 6.10. The number of benzene rings is 2. The summed E-state index contributed by atoms with van der Waals surface area (Å²) in [5.41, 5.74) is 8.00. The molecular weight excluding hydrogens is 370 g/mol. The normalized spacial score (nSPS) is 10.5. The van der Waals surface area contributed by atoms with Crippen LogP contribution in [-0.2, 0) is 0 Å². The van der Waals surface area contributed by atoms with Gasteiger partial charge < -0.3 is 5.32 Å². The van der Waals surface area contributed by atoms with Crippen molar-refractivity contribution in [2.24, 2.45) is 0 Å². The van der Waals surface area contributed by atoms with Crippen molar-refractivity contribution in [1.82, 2.24) is 10.4 Å². The van der Waals surface area contributed by atoms with Gasteiger partial charge in [0, 0.05) is 22.3 Å². The first kappa shape index (κ1) is 16.7. The number of anilines is 2. The van der Waals surface area contributed by atoms with Gasteiger partial charge in [-0.3, -0.25) is 15.8 Å². The van der Waals surface area contributed by atoms with E-state index in [4.69, 9.17) is 35.4 Å². The van der Waals surface area contributed by atoms with Crippen molar-refractivity contribution >= 4 is 62.8 Å². The van der Waals surface area contributed by atoms with E-state index < -0.39 is 5.82 Å². The van der Waals surface area contributed by atoms with Crippen LogP contribution in [0.5, 0.6) is 0 Å². The quantitative estimate of drug-likeness (QED) is 0.441. The smallest absolute Gasteiger partial charge is 0.189 e. The SMILES string of the molecule is Fc1ccc(NC(=S)NNc2ccnc3cc(Cl)ccc23)cc1Cl. The third-order valence-corrected chi connectivity index (χ3v) is 3.92. The Kier molecular flexibility index (Phi) is 4.99. The van der Waals surface area contributed by atoms with E-state index >= 15 is 0 Å². The van der Waals surface area contributed by atoms with Gasteiger partial charge in [0.25, 0.3) is 0 Å². The highest BCUT2D eigenvalue weighted by molar-refractivity contribution is 7.80. The molecule has 0 unspecified atom stereocenters. The summed E-state index contributed by atoms with van der Waals surface area (Å²) < 4.78 is 13.1. The van der Waals surface area contributed by atoms with Gasteiger partial charge in [0.05, 0.1) is 16.2 Å². The van der Waals surface area contributed by atoms with Gasteiger partial charge in [0.1, 0.15) is 5.82 Å². The molecule has 0 saturated heterocycles. The number of fused-ring (bicyclic) bond motifs is 1. The van der Waals surface area contributed by atoms with Gasteiger partial charge in [-0.2, -0.15) is 0 Å². The van der Waals surface area contributed by atoms with Crippen LogP contribution < -0.4 is 16.2 Å². The summed E-state index contributed by atoms with van der Waals surface area (Å²) >= 11 is 16.9. The molecular formula is C16H11Cl2FN4S. The summed E-state index contributed by atoms with van der Waals surface area (Å²) in [6.45, 7) is 0. The number of hydrogen-bond acceptors (Lipinski definition) is 3. The molecule has 122 valence electrons. The highest BCUT2D eigenvalue weighted by Gasteiger charge is 2.05. The molecule has 0 bridgehead atoms. The van der Waals surface area contributed by atoms with E-state index in [1.165, 1.54) is 12.1 Å². The highest BCUT2D eigenvalue weighted by atomic mass is 35.5. The average molecular weight is 381 g/mol. The van der Waals surface area contributed by atoms with Crippen LogP contribution in [0.25, 0.3) is 10.9 Å². The van der Waals surface area contributed by atoms with Crippen molar-refractivity contribution in [3.05, 3.63) is 64.5 Å². The van der Waals surface area contributed by atoms with Gasteiger partial charge in [-0.25, -0.2) is 4.39 Å². The third kappa shape index (κ3) is 3.84. The average Bonchev–Trinajstić information content (AvgIpc) is 2.56. The fourth-order valence-electron chi connectivity index (χ4n) is 2.09. The lowest BCUT2D eigenvalue weighted by Gasteiger charge is -2.14. The van der Waals surface area contributed by atoms with Gasteiger partial charge in [0.2, 0.25) is 0 Å². The Labute approximate surface area is 153 Å². The van der Waals surface area contributed by atoms with Gasteiger partial charge in [-0.15, -0.1) is 0 Å². The Hall–Kier alpha value is -2.15. The van der Waals surface area contributed by atoms with Gasteiger partial charge in [-0.05, 0) is 54.7 Å². The molecule has 0 aliphatic rings. The molecule has 0 radical (unpaired) electrons. The second-order valence-electron chi connectivity index (χ2n) is 4.85. The lowest BCUT2D eigenvalue weighted by Crippen LogP contribution is -2.33. The number of aromatic nitrogens is 1. The Morgan fingerprint density at radius 3 is 2.71 bits per heavy atom. The molecule has 3 rings (SSSR count). The Morgan fingerprint density at radius 1 is 1.08 bits per heavy atom. The first-order valence-electron chi connectivity index (χ1n) is 6.85. The van der Waals surface area contributed by atoms with E-state index in [1.807, 2.05) is 6.07 Å². The maximum Gasteiger partial charge on any atom is 0.189 e. The Morgan fingerprint density at radius 2 is 1.92 bits per heavy atom. The summed E-state index contributed by atoms with van der Waals surface area (Å²) in [4.78, 5) is 4.26. The number of hydrazine groups is 1. The molecule has 0 amide bonds. The van der Waals surface area contributed by atoms with Crippen LogP contribution in [0.3, 0.4) is 0 Å². The lowest BCUT2D eigenvalue weighted by molar-refractivity contribution is 0.628. The monoisotopic (exact) mass is 380 g/mol. The van der Waals surface area contributed by atoms with Crippen molar-refractivity contribution in [1.29, 1.82) is 0 Å². The van der Waals surface area contributed by atoms with Crippen molar-refractivity contribution in [3.8, 4) is 0 Å². The zero-order chi connectivity index (χ0) is 17.1. The number of halogens is 3. The summed E-state index contributed by atoms with van der Waals surface area (Å²) in [6, 6.07) is 11.5. The zero-order valence-electron chi connectivity index (χ0n) is 12.1. The molecule has 2 aromatic carbocycles. The molecule has 0 aliphatic heterocycles. The summed E-state index contributed by atoms with van der Waals surface area (Å²) in [6.07, 6.45) is 1.67. The molecule has 0 saturated carbocycles. The van der Waals surface area contributed by atoms with Crippen molar-refractivity contribution in [3.63, 3.8) is 0 Å². The molecule has 0 spiro atoms. The molecule has 1 aromatic heterocycles. The van der Waals surface area contributed by atoms with Crippen LogP contribution in [0.15, 0.2) is 48.7 Å². The summed E-state index contributed by atoms with van der Waals surface area (Å²) in [5, 5.41) is 4.74. The predicted molar refractivity (Wildman–Crippen MR) is 101 cm³/mol. The number of nitrogens with zero attached hydrogens (tertiary/aromatic N) is 1. The Balaban J connectivity index is 1.69. The van der Waals surface area contributed by atoms with Crippen molar-refractivity contribution < 1.29 is 4.39 Å². The first-order valence-corrected chi connectivity index (χ1v) is 8.02. The molecule has 8 heteroatoms. The fourth-order valence-corrected chi connectivity index (χ4v) is 2.61. The number of thiocarbonyl (C=S) groups is 1. The number of pyridine rings is 1. The minimum absolute atomic E-state index is 0.0211. The van der Waals surface area contributed by atoms with E-state index in [2.05, 4.69) is 21.2 Å². The molecule has 3 N–H and O–H groups in total. The van der Waals surface area contributed by atoms with Crippen LogP contribution >= 0.6 is 35.4 Å². The van der Waals surface area contributed by atoms with Gasteiger partial charge in [0.15, 0.2) is 5.11 Å². The molecule has 3 aromatic rings. The van der Waals surface area contributed by atoms with E-state index in [0.29, 0.717) is 15.8 Å². The minimum Gasteiger partial charge on any atom is -0.331 e. The number of nitrogens with one attached hydrogen (secondary N) is 3. The number of rotatable bonds is 3. The molecule has 1 heterocycles. The predicted octanol–water partition coefficient (Wildman–Crippen LogP) is 4.99. The zero-order valence-corrected chi connectivity index (χ0v) is 14.4. The minimum atomic E-state index is -0.485. The van der Waals surface area contributed by atoms with Crippen LogP contribution in [0.1, 0.15) is 0 Å². The summed E-state index contributed by atoms with van der Waals surface area (Å²) in [5.74, 6) is -0.485. The maximum atomic E-state index is 13.1. The standard InChI is InChI=1S/C16H11Cl2FN4S/c17-9-1-3-11-14(5-6-20-15(11)7-9)22-23-16(24)21-10-2-4-13(19)12(18)8-10/h1-8H,(H,20,22)(H2,21,23,24). The van der Waals surface area contributed by atoms with Crippen molar-refractivity contribution in [2.75, 3.05) is 10.7 Å². The van der Waals surface area contributed by atoms with Gasteiger partial charge in [-0.1, -0.05) is 23.2 Å². The Bertz CT molecular complexity index is 920. The second kappa shape index (κ2) is 7.17. The first-order chi connectivity index (χ1) is 11.5. The molecule has 24 heavy (non-hydrogen) atoms. The lowest BCUT2D eigenvalue weighted by atomic mass is 10.2. The van der Waals surface area contributed by atoms with Crippen molar-refractivity contribution in [2.45, 2.75) is 0 Å². The maximum absolute atomic E-state index is 13.1. The topological polar surface area (TPSA) is 49.0 Å². The highest BCUT2D eigenvalue weighted by Crippen LogP contribution is 2.24. The molecule has 0 atom stereocenters. The van der Waals surface area contributed by atoms with Crippen LogP contribution in [0.4, 0.5) is 15.8 Å². The molecule has 0 fully saturated rings. The molecule has 0 aliphatic carbocycles. The third-order valence-electron chi connectivity index (χ3n) is 3.19. The van der Waals surface area contributed by atoms with E-state index in [9.17, 15) is 4.39 Å². The number of hydrogen-bond donors (Lipinski definition) is 3. The van der Waals surface area contributed by atoms with Gasteiger partial charge >= 0.3 is 0 Å². The molecule has 4 nitrogen and oxygen atoms in total. The van der Waals surface area contributed by atoms with E-state index in [0.717, 1.165) is 16.6 Å². The van der Waals surface area contributed by atoms with Crippen LogP contribution in [0.2, 0.25) is 10.0 Å². The van der Waals surface area contributed by atoms with E-state index in [-0.39, 0.29) is 5.02 Å².